The average molecular weight is 570 g/mol. The lowest BCUT2D eigenvalue weighted by atomic mass is 10.0. The zero-order chi connectivity index (χ0) is 29.2. The van der Waals surface area contributed by atoms with E-state index in [-0.39, 0.29) is 18.6 Å². The molecule has 0 spiro atoms. The Hall–Kier alpha value is -4.36. The quantitative estimate of drug-likeness (QED) is 0.126. The molecule has 4 unspecified atom stereocenters. The summed E-state index contributed by atoms with van der Waals surface area (Å²) in [7, 11) is 0. The molecule has 0 saturated carbocycles. The first kappa shape index (κ1) is 30.2. The van der Waals surface area contributed by atoms with Crippen molar-refractivity contribution in [2.45, 2.75) is 43.4 Å². The highest BCUT2D eigenvalue weighted by molar-refractivity contribution is 7.80. The van der Waals surface area contributed by atoms with Crippen molar-refractivity contribution in [3.63, 3.8) is 0 Å². The van der Waals surface area contributed by atoms with Gasteiger partial charge in [-0.05, 0) is 23.6 Å². The number of aliphatic carboxylic acids is 2. The molecule has 0 saturated heterocycles. The van der Waals surface area contributed by atoms with Gasteiger partial charge in [-0.25, -0.2) is 4.79 Å². The van der Waals surface area contributed by atoms with Crippen LogP contribution in [-0.2, 0) is 36.8 Å². The number of H-pyrrole nitrogens is 1. The van der Waals surface area contributed by atoms with E-state index in [1.165, 1.54) is 0 Å². The van der Waals surface area contributed by atoms with Gasteiger partial charge in [0.15, 0.2) is 0 Å². The Morgan fingerprint density at radius 3 is 2.05 bits per heavy atom. The van der Waals surface area contributed by atoms with Crippen LogP contribution in [0.4, 0.5) is 0 Å². The standard InChI is InChI=1S/C27H31N5O7S/c28-18(11-16-13-29-19-9-5-4-8-17(16)19)24(35)30-21(12-23(33)34)26(37)31-20(10-15-6-2-1-3-7-15)25(36)32-22(14-40)27(38)39/h1-9,13,18,20-22,29,40H,10-12,14,28H2,(H,30,35)(H,31,37)(H,32,36)(H,33,34)(H,38,39). The predicted octanol–water partition coefficient (Wildman–Crippen LogP) is 0.224. The predicted molar refractivity (Wildman–Crippen MR) is 150 cm³/mol. The first-order valence-electron chi connectivity index (χ1n) is 12.4. The van der Waals surface area contributed by atoms with Gasteiger partial charge < -0.3 is 36.9 Å². The molecule has 2 aromatic carbocycles. The van der Waals surface area contributed by atoms with Gasteiger partial charge in [0.2, 0.25) is 17.7 Å². The van der Waals surface area contributed by atoms with Crippen molar-refractivity contribution in [2.75, 3.05) is 5.75 Å². The highest BCUT2D eigenvalue weighted by atomic mass is 32.1. The van der Waals surface area contributed by atoms with E-state index in [0.29, 0.717) is 5.56 Å². The van der Waals surface area contributed by atoms with Gasteiger partial charge in [0, 0.05) is 29.3 Å². The number of thiol groups is 1. The fourth-order valence-corrected chi connectivity index (χ4v) is 4.33. The molecule has 4 atom stereocenters. The summed E-state index contributed by atoms with van der Waals surface area (Å²) in [5, 5.41) is 26.7. The van der Waals surface area contributed by atoms with Crippen LogP contribution in [0.25, 0.3) is 10.9 Å². The van der Waals surface area contributed by atoms with Crippen LogP contribution >= 0.6 is 12.6 Å². The van der Waals surface area contributed by atoms with Crippen molar-refractivity contribution in [1.82, 2.24) is 20.9 Å². The van der Waals surface area contributed by atoms with Crippen LogP contribution < -0.4 is 21.7 Å². The number of para-hydroxylation sites is 1. The molecule has 1 aromatic heterocycles. The number of fused-ring (bicyclic) bond motifs is 1. The van der Waals surface area contributed by atoms with E-state index < -0.39 is 60.2 Å². The monoisotopic (exact) mass is 569 g/mol. The normalized spacial score (nSPS) is 13.9. The summed E-state index contributed by atoms with van der Waals surface area (Å²) in [5.74, 6) is -5.38. The lowest BCUT2D eigenvalue weighted by molar-refractivity contribution is -0.142. The maximum absolute atomic E-state index is 13.2. The summed E-state index contributed by atoms with van der Waals surface area (Å²) < 4.78 is 0. The molecule has 0 aliphatic rings. The molecule has 1 heterocycles. The van der Waals surface area contributed by atoms with Crippen LogP contribution in [0.5, 0.6) is 0 Å². The van der Waals surface area contributed by atoms with Crippen LogP contribution in [0, 0.1) is 0 Å². The van der Waals surface area contributed by atoms with Gasteiger partial charge in [-0.3, -0.25) is 19.2 Å². The Labute approximate surface area is 235 Å². The number of nitrogens with two attached hydrogens (primary N) is 1. The minimum atomic E-state index is -1.55. The average Bonchev–Trinajstić information content (AvgIpc) is 3.33. The molecule has 12 nitrogen and oxygen atoms in total. The molecular weight excluding hydrogens is 538 g/mol. The third-order valence-corrected chi connectivity index (χ3v) is 6.54. The summed E-state index contributed by atoms with van der Waals surface area (Å²) in [6.07, 6.45) is 1.05. The number of aromatic amines is 1. The SMILES string of the molecule is NC(Cc1c[nH]c2ccccc12)C(=O)NC(CC(=O)O)C(=O)NC(Cc1ccccc1)C(=O)NC(CS)C(=O)O. The lowest BCUT2D eigenvalue weighted by Crippen LogP contribution is -2.58. The number of nitrogens with one attached hydrogen (secondary N) is 4. The second kappa shape index (κ2) is 14.1. The van der Waals surface area contributed by atoms with Crippen LogP contribution in [0.3, 0.4) is 0 Å². The van der Waals surface area contributed by atoms with E-state index in [4.69, 9.17) is 5.73 Å². The number of hydrogen-bond acceptors (Lipinski definition) is 7. The molecule has 40 heavy (non-hydrogen) atoms. The molecule has 3 amide bonds. The molecule has 3 aromatic rings. The number of benzene rings is 2. The highest BCUT2D eigenvalue weighted by Gasteiger charge is 2.31. The smallest absolute Gasteiger partial charge is 0.327 e. The second-order valence-electron chi connectivity index (χ2n) is 9.16. The largest absolute Gasteiger partial charge is 0.481 e. The van der Waals surface area contributed by atoms with Gasteiger partial charge in [0.05, 0.1) is 12.5 Å². The number of amides is 3. The van der Waals surface area contributed by atoms with Crippen molar-refractivity contribution in [3.05, 3.63) is 71.9 Å². The Balaban J connectivity index is 1.74. The third kappa shape index (κ3) is 8.32. The fraction of sp³-hybridized carbons (Fsp3) is 0.296. The van der Waals surface area contributed by atoms with E-state index in [2.05, 4.69) is 33.6 Å². The summed E-state index contributed by atoms with van der Waals surface area (Å²) in [6, 6.07) is 10.8. The minimum absolute atomic E-state index is 0.0227. The molecule has 3 rings (SSSR count). The van der Waals surface area contributed by atoms with Crippen molar-refractivity contribution in [2.24, 2.45) is 5.73 Å². The number of carbonyl (C=O) groups is 5. The third-order valence-electron chi connectivity index (χ3n) is 6.18. The molecule has 0 aliphatic heterocycles. The lowest BCUT2D eigenvalue weighted by Gasteiger charge is -2.24. The van der Waals surface area contributed by atoms with Gasteiger partial charge in [0.1, 0.15) is 18.1 Å². The van der Waals surface area contributed by atoms with Crippen molar-refractivity contribution >= 4 is 53.2 Å². The Morgan fingerprint density at radius 1 is 0.800 bits per heavy atom. The van der Waals surface area contributed by atoms with E-state index >= 15 is 0 Å². The maximum Gasteiger partial charge on any atom is 0.327 e. The number of aromatic nitrogens is 1. The van der Waals surface area contributed by atoms with E-state index in [0.717, 1.165) is 16.5 Å². The van der Waals surface area contributed by atoms with Gasteiger partial charge in [-0.15, -0.1) is 0 Å². The molecule has 0 aliphatic carbocycles. The summed E-state index contributed by atoms with van der Waals surface area (Å²) in [5.41, 5.74) is 8.38. The Bertz CT molecular complexity index is 1360. The number of hydrogen-bond donors (Lipinski definition) is 8. The molecule has 13 heteroatoms. The van der Waals surface area contributed by atoms with Crippen LogP contribution in [-0.4, -0.2) is 74.8 Å². The number of rotatable bonds is 14. The molecule has 0 radical (unpaired) electrons. The fourth-order valence-electron chi connectivity index (χ4n) is 4.08. The number of carboxylic acids is 2. The minimum Gasteiger partial charge on any atom is -0.481 e. The number of carboxylic acid groups (broad SMARTS) is 2. The van der Waals surface area contributed by atoms with Crippen molar-refractivity contribution in [1.29, 1.82) is 0 Å². The summed E-state index contributed by atoms with van der Waals surface area (Å²) >= 11 is 3.94. The molecular formula is C27H31N5O7S. The van der Waals surface area contributed by atoms with Crippen molar-refractivity contribution < 1.29 is 34.2 Å². The summed E-state index contributed by atoms with van der Waals surface area (Å²) in [6.45, 7) is 0. The van der Waals surface area contributed by atoms with Gasteiger partial charge in [0.25, 0.3) is 0 Å². The first-order chi connectivity index (χ1) is 19.1. The first-order valence-corrected chi connectivity index (χ1v) is 13.0. The molecule has 0 bridgehead atoms. The van der Waals surface area contributed by atoms with Gasteiger partial charge in [-0.1, -0.05) is 48.5 Å². The van der Waals surface area contributed by atoms with Crippen LogP contribution in [0.1, 0.15) is 17.5 Å². The topological polar surface area (TPSA) is 204 Å². The van der Waals surface area contributed by atoms with Gasteiger partial charge in [-0.2, -0.15) is 12.6 Å². The highest BCUT2D eigenvalue weighted by Crippen LogP contribution is 2.19. The van der Waals surface area contributed by atoms with Crippen LogP contribution in [0.2, 0.25) is 0 Å². The second-order valence-corrected chi connectivity index (χ2v) is 9.53. The molecule has 0 fully saturated rings. The van der Waals surface area contributed by atoms with E-state index in [9.17, 15) is 34.2 Å². The summed E-state index contributed by atoms with van der Waals surface area (Å²) in [4.78, 5) is 65.0. The zero-order valence-corrected chi connectivity index (χ0v) is 22.3. The maximum atomic E-state index is 13.2. The van der Waals surface area contributed by atoms with E-state index in [1.807, 2.05) is 24.3 Å². The zero-order valence-electron chi connectivity index (χ0n) is 21.4. The molecule has 8 N–H and O–H groups in total. The Morgan fingerprint density at radius 2 is 1.40 bits per heavy atom. The van der Waals surface area contributed by atoms with Gasteiger partial charge >= 0.3 is 11.9 Å². The number of carbonyl (C=O) groups excluding carboxylic acids is 3. The Kier molecular flexibility index (Phi) is 10.7. The molecule has 212 valence electrons. The van der Waals surface area contributed by atoms with Crippen LogP contribution in [0.15, 0.2) is 60.8 Å². The van der Waals surface area contributed by atoms with Crippen molar-refractivity contribution in [3.8, 4) is 0 Å². The van der Waals surface area contributed by atoms with E-state index in [1.54, 1.807) is 36.5 Å².